The zero-order valence-corrected chi connectivity index (χ0v) is 23.0. The van der Waals surface area contributed by atoms with Crippen LogP contribution in [-0.2, 0) is 33.2 Å². The molecule has 0 bridgehead atoms. The van der Waals surface area contributed by atoms with E-state index in [1.807, 2.05) is 0 Å². The molecule has 2 aromatic carbocycles. The normalized spacial score (nSPS) is 17.0. The molecule has 0 aromatic heterocycles. The molecule has 1 heterocycles. The Labute approximate surface area is 236 Å². The summed E-state index contributed by atoms with van der Waals surface area (Å²) < 4.78 is 91.1. The van der Waals surface area contributed by atoms with E-state index in [-0.39, 0.29) is 41.1 Å². The highest BCUT2D eigenvalue weighted by Gasteiger charge is 2.42. The maximum absolute atomic E-state index is 13.5. The Kier molecular flexibility index (Phi) is 9.36. The first-order chi connectivity index (χ1) is 19.0. The van der Waals surface area contributed by atoms with Crippen molar-refractivity contribution in [3.8, 4) is 0 Å². The lowest BCUT2D eigenvalue weighted by atomic mass is 9.89. The van der Waals surface area contributed by atoms with Crippen molar-refractivity contribution in [1.82, 2.24) is 4.90 Å². The third kappa shape index (κ3) is 7.16. The van der Waals surface area contributed by atoms with E-state index >= 15 is 0 Å². The smallest absolute Gasteiger partial charge is 0.416 e. The van der Waals surface area contributed by atoms with Gasteiger partial charge in [0.25, 0.3) is 0 Å². The molecule has 0 saturated heterocycles. The number of alkyl halides is 6. The zero-order valence-electron chi connectivity index (χ0n) is 22.2. The molecule has 0 radical (unpaired) electrons. The number of anilines is 2. The Morgan fingerprint density at radius 2 is 1.63 bits per heavy atom. The molecule has 3 amide bonds. The molecule has 0 fully saturated rings. The van der Waals surface area contributed by atoms with E-state index in [1.54, 1.807) is 13.8 Å². The van der Waals surface area contributed by atoms with E-state index < -0.39 is 65.8 Å². The molecule has 224 valence electrons. The molecule has 1 aliphatic rings. The number of amides is 3. The van der Waals surface area contributed by atoms with Gasteiger partial charge in [0.15, 0.2) is 0 Å². The molecule has 15 heteroatoms. The number of ether oxygens (including phenoxy) is 2. The first kappa shape index (κ1) is 31.8. The number of rotatable bonds is 5. The second-order valence-electron chi connectivity index (χ2n) is 9.25. The highest BCUT2D eigenvalue weighted by Crippen LogP contribution is 2.47. The van der Waals surface area contributed by atoms with Crippen molar-refractivity contribution < 1.29 is 50.2 Å². The van der Waals surface area contributed by atoms with Gasteiger partial charge in [-0.05, 0) is 56.2 Å². The van der Waals surface area contributed by atoms with E-state index in [4.69, 9.17) is 21.1 Å². The fourth-order valence-corrected chi connectivity index (χ4v) is 4.92. The van der Waals surface area contributed by atoms with Crippen LogP contribution in [0, 0.1) is 0 Å². The van der Waals surface area contributed by atoms with Gasteiger partial charge in [0.1, 0.15) is 0 Å². The number of methoxy groups -OCH3 is 1. The number of benzene rings is 2. The number of hydrogen-bond acceptors (Lipinski definition) is 5. The molecular formula is C26H26ClF6N3O5. The largest absolute Gasteiger partial charge is 0.453 e. The predicted octanol–water partition coefficient (Wildman–Crippen LogP) is 7.40. The molecule has 0 saturated carbocycles. The number of fused-ring (bicyclic) bond motifs is 1. The lowest BCUT2D eigenvalue weighted by Gasteiger charge is -2.43. The summed E-state index contributed by atoms with van der Waals surface area (Å²) in [5.41, 5.74) is -3.21. The van der Waals surface area contributed by atoms with E-state index in [2.05, 4.69) is 5.32 Å². The lowest BCUT2D eigenvalue weighted by molar-refractivity contribution is -0.143. The highest BCUT2D eigenvalue weighted by molar-refractivity contribution is 6.31. The minimum Gasteiger partial charge on any atom is -0.453 e. The van der Waals surface area contributed by atoms with Crippen LogP contribution in [0.1, 0.15) is 55.5 Å². The lowest BCUT2D eigenvalue weighted by Crippen LogP contribution is -2.48. The van der Waals surface area contributed by atoms with E-state index in [1.165, 1.54) is 24.0 Å². The molecule has 8 nitrogen and oxygen atoms in total. The van der Waals surface area contributed by atoms with E-state index in [0.29, 0.717) is 12.1 Å². The monoisotopic (exact) mass is 609 g/mol. The average molecular weight is 610 g/mol. The second kappa shape index (κ2) is 12.0. The van der Waals surface area contributed by atoms with Crippen molar-refractivity contribution in [2.45, 2.75) is 58.2 Å². The van der Waals surface area contributed by atoms with Crippen molar-refractivity contribution in [3.63, 3.8) is 0 Å². The van der Waals surface area contributed by atoms with Crippen molar-refractivity contribution >= 4 is 41.1 Å². The van der Waals surface area contributed by atoms with Crippen molar-refractivity contribution in [3.05, 3.63) is 57.6 Å². The van der Waals surface area contributed by atoms with Gasteiger partial charge < -0.3 is 14.8 Å². The van der Waals surface area contributed by atoms with Gasteiger partial charge >= 0.3 is 24.5 Å². The zero-order chi connectivity index (χ0) is 30.9. The quantitative estimate of drug-likeness (QED) is 0.357. The van der Waals surface area contributed by atoms with Crippen molar-refractivity contribution in [2.24, 2.45) is 0 Å². The van der Waals surface area contributed by atoms with Crippen LogP contribution in [0.25, 0.3) is 0 Å². The van der Waals surface area contributed by atoms with Gasteiger partial charge in [-0.15, -0.1) is 0 Å². The Hall–Kier alpha value is -3.68. The van der Waals surface area contributed by atoms with Crippen LogP contribution >= 0.6 is 11.6 Å². The van der Waals surface area contributed by atoms with Gasteiger partial charge in [-0.1, -0.05) is 11.6 Å². The summed E-state index contributed by atoms with van der Waals surface area (Å²) in [6, 6.07) is 1.98. The van der Waals surface area contributed by atoms with Crippen LogP contribution in [0.4, 0.5) is 47.3 Å². The van der Waals surface area contributed by atoms with Crippen LogP contribution < -0.4 is 10.2 Å². The van der Waals surface area contributed by atoms with Gasteiger partial charge in [0.05, 0.1) is 42.3 Å². The first-order valence-corrected chi connectivity index (χ1v) is 12.6. The molecule has 2 aromatic rings. The van der Waals surface area contributed by atoms with Gasteiger partial charge in [-0.3, -0.25) is 14.6 Å². The summed E-state index contributed by atoms with van der Waals surface area (Å²) >= 11 is 6.30. The molecule has 1 aliphatic heterocycles. The van der Waals surface area contributed by atoms with Gasteiger partial charge in [-0.25, -0.2) is 9.59 Å². The summed E-state index contributed by atoms with van der Waals surface area (Å²) in [5.74, 6) is -0.526. The molecule has 2 atom stereocenters. The molecule has 2 unspecified atom stereocenters. The number of carbonyl (C=O) groups excluding carboxylic acids is 3. The van der Waals surface area contributed by atoms with Crippen LogP contribution in [0.5, 0.6) is 0 Å². The van der Waals surface area contributed by atoms with Crippen molar-refractivity contribution in [2.75, 3.05) is 23.9 Å². The number of hydrogen-bond donors (Lipinski definition) is 1. The Balaban J connectivity index is 2.24. The second-order valence-corrected chi connectivity index (χ2v) is 9.69. The Morgan fingerprint density at radius 1 is 1.05 bits per heavy atom. The van der Waals surface area contributed by atoms with Crippen LogP contribution in [-0.4, -0.2) is 42.8 Å². The van der Waals surface area contributed by atoms with Crippen LogP contribution in [0.3, 0.4) is 0 Å². The molecule has 0 spiro atoms. The molecule has 1 N–H and O–H groups in total. The van der Waals surface area contributed by atoms with Crippen LogP contribution in [0.15, 0.2) is 30.3 Å². The first-order valence-electron chi connectivity index (χ1n) is 12.2. The molecule has 41 heavy (non-hydrogen) atoms. The molecule has 3 rings (SSSR count). The summed E-state index contributed by atoms with van der Waals surface area (Å²) in [5, 5.41) is 2.63. The summed E-state index contributed by atoms with van der Waals surface area (Å²) in [4.78, 5) is 40.1. The van der Waals surface area contributed by atoms with Crippen molar-refractivity contribution in [1.29, 1.82) is 0 Å². The highest BCUT2D eigenvalue weighted by atomic mass is 35.5. The van der Waals surface area contributed by atoms with E-state index in [9.17, 15) is 40.7 Å². The number of halogens is 7. The minimum atomic E-state index is -5.10. The average Bonchev–Trinajstić information content (AvgIpc) is 2.85. The fourth-order valence-electron chi connectivity index (χ4n) is 4.69. The SMILES string of the molecule is CCOC(=O)N1c2c(NC(C)=O)cc(Cl)cc2C(N(Cc2cc(C(F)(F)F)cc(C(F)(F)F)c2)C(=O)OC)CC1C. The number of nitrogens with zero attached hydrogens (tertiary/aromatic N) is 2. The maximum atomic E-state index is 13.5. The van der Waals surface area contributed by atoms with Crippen LogP contribution in [0.2, 0.25) is 5.02 Å². The number of carbonyl (C=O) groups is 3. The van der Waals surface area contributed by atoms with E-state index in [0.717, 1.165) is 12.0 Å². The van der Waals surface area contributed by atoms with Gasteiger partial charge in [-0.2, -0.15) is 26.3 Å². The summed E-state index contributed by atoms with van der Waals surface area (Å²) in [6.07, 6.45) is -12.1. The fraction of sp³-hybridized carbons (Fsp3) is 0.423. The number of nitrogens with one attached hydrogen (secondary N) is 1. The third-order valence-corrected chi connectivity index (χ3v) is 6.49. The third-order valence-electron chi connectivity index (χ3n) is 6.27. The summed E-state index contributed by atoms with van der Waals surface area (Å²) in [6.45, 7) is 3.67. The maximum Gasteiger partial charge on any atom is 0.416 e. The molecular weight excluding hydrogens is 584 g/mol. The minimum absolute atomic E-state index is 0.00917. The van der Waals surface area contributed by atoms with Gasteiger partial charge in [0.2, 0.25) is 5.91 Å². The predicted molar refractivity (Wildman–Crippen MR) is 136 cm³/mol. The standard InChI is InChI=1S/C26H26ClF6N3O5/c1-5-41-24(39)36-13(2)6-21(19-10-18(27)11-20(22(19)36)34-14(3)37)35(23(38)40-4)12-15-7-16(25(28,29)30)9-17(8-15)26(31,32)33/h7-11,13,21H,5-6,12H2,1-4H3,(H,34,37). The Bertz CT molecular complexity index is 1300. The summed E-state index contributed by atoms with van der Waals surface area (Å²) in [7, 11) is 1.00. The van der Waals surface area contributed by atoms with Gasteiger partial charge in [0, 0.05) is 30.1 Å². The topological polar surface area (TPSA) is 88.2 Å². The Morgan fingerprint density at radius 3 is 2.12 bits per heavy atom. The molecule has 0 aliphatic carbocycles.